The SMILES string of the molecule is CCCc1nnsc1C(=O)N[C@H]1CC(=O)N(c2ccc(Cl)cc2)C1. The van der Waals surface area contributed by atoms with E-state index in [2.05, 4.69) is 14.9 Å². The molecular weight excluding hydrogens is 348 g/mol. The van der Waals surface area contributed by atoms with Crippen LogP contribution in [0.25, 0.3) is 0 Å². The molecule has 0 spiro atoms. The largest absolute Gasteiger partial charge is 0.346 e. The normalized spacial score (nSPS) is 17.3. The van der Waals surface area contributed by atoms with Crippen molar-refractivity contribution in [2.45, 2.75) is 32.2 Å². The van der Waals surface area contributed by atoms with Crippen molar-refractivity contribution >= 4 is 40.6 Å². The number of nitrogens with zero attached hydrogens (tertiary/aromatic N) is 3. The van der Waals surface area contributed by atoms with Crippen LogP contribution >= 0.6 is 23.1 Å². The van der Waals surface area contributed by atoms with Crippen LogP contribution in [0.3, 0.4) is 0 Å². The van der Waals surface area contributed by atoms with Gasteiger partial charge >= 0.3 is 0 Å². The van der Waals surface area contributed by atoms with E-state index in [1.54, 1.807) is 29.2 Å². The van der Waals surface area contributed by atoms with E-state index in [4.69, 9.17) is 11.6 Å². The van der Waals surface area contributed by atoms with Crippen LogP contribution in [0.1, 0.15) is 35.1 Å². The van der Waals surface area contributed by atoms with E-state index in [9.17, 15) is 9.59 Å². The van der Waals surface area contributed by atoms with E-state index in [1.165, 1.54) is 0 Å². The molecule has 0 radical (unpaired) electrons. The number of rotatable bonds is 5. The molecule has 0 unspecified atom stereocenters. The summed E-state index contributed by atoms with van der Waals surface area (Å²) in [5.74, 6) is -0.219. The van der Waals surface area contributed by atoms with E-state index in [1.807, 2.05) is 6.92 Å². The van der Waals surface area contributed by atoms with Crippen molar-refractivity contribution in [1.82, 2.24) is 14.9 Å². The number of carbonyl (C=O) groups excluding carboxylic acids is 2. The summed E-state index contributed by atoms with van der Waals surface area (Å²) >= 11 is 6.97. The zero-order valence-electron chi connectivity index (χ0n) is 13.2. The summed E-state index contributed by atoms with van der Waals surface area (Å²) in [6.07, 6.45) is 1.90. The molecule has 1 fully saturated rings. The standard InChI is InChI=1S/C16H17ClN4O2S/c1-2-3-13-15(24-20-19-13)16(23)18-11-8-14(22)21(9-11)12-6-4-10(17)5-7-12/h4-7,11H,2-3,8-9H2,1H3,(H,18,23)/t11-/m0/s1. The van der Waals surface area contributed by atoms with Gasteiger partial charge in [-0.2, -0.15) is 0 Å². The number of carbonyl (C=O) groups is 2. The highest BCUT2D eigenvalue weighted by atomic mass is 35.5. The maximum Gasteiger partial charge on any atom is 0.265 e. The predicted octanol–water partition coefficient (Wildman–Crippen LogP) is 2.68. The maximum absolute atomic E-state index is 12.4. The molecule has 1 saturated heterocycles. The van der Waals surface area contributed by atoms with Crippen LogP contribution in [-0.2, 0) is 11.2 Å². The summed E-state index contributed by atoms with van der Waals surface area (Å²) in [6.45, 7) is 2.47. The van der Waals surface area contributed by atoms with Crippen LogP contribution in [0.4, 0.5) is 5.69 Å². The van der Waals surface area contributed by atoms with Gasteiger partial charge in [0.25, 0.3) is 5.91 Å². The molecule has 1 aromatic carbocycles. The van der Waals surface area contributed by atoms with Crippen LogP contribution < -0.4 is 10.2 Å². The van der Waals surface area contributed by atoms with Gasteiger partial charge in [0.1, 0.15) is 4.88 Å². The monoisotopic (exact) mass is 364 g/mol. The Bertz CT molecular complexity index is 747. The van der Waals surface area contributed by atoms with Crippen molar-refractivity contribution in [2.75, 3.05) is 11.4 Å². The van der Waals surface area contributed by atoms with Gasteiger partial charge in [-0.05, 0) is 42.2 Å². The molecule has 0 saturated carbocycles. The molecule has 1 aromatic heterocycles. The number of halogens is 1. The molecule has 3 rings (SSSR count). The molecule has 1 aliphatic rings. The molecule has 126 valence electrons. The lowest BCUT2D eigenvalue weighted by atomic mass is 10.2. The number of benzene rings is 1. The smallest absolute Gasteiger partial charge is 0.265 e. The average molecular weight is 365 g/mol. The summed E-state index contributed by atoms with van der Waals surface area (Å²) in [7, 11) is 0. The molecule has 24 heavy (non-hydrogen) atoms. The zero-order chi connectivity index (χ0) is 17.1. The molecule has 1 N–H and O–H groups in total. The first-order valence-electron chi connectivity index (χ1n) is 7.76. The Balaban J connectivity index is 1.66. The number of hydrogen-bond acceptors (Lipinski definition) is 5. The Labute approximate surface area is 149 Å². The number of aromatic nitrogens is 2. The van der Waals surface area contributed by atoms with Gasteiger partial charge in [-0.15, -0.1) is 5.10 Å². The van der Waals surface area contributed by atoms with E-state index in [-0.39, 0.29) is 24.3 Å². The van der Waals surface area contributed by atoms with Crippen LogP contribution in [0.15, 0.2) is 24.3 Å². The minimum Gasteiger partial charge on any atom is -0.346 e. The Kier molecular flexibility index (Phi) is 5.11. The summed E-state index contributed by atoms with van der Waals surface area (Å²) in [5, 5.41) is 7.55. The second-order valence-electron chi connectivity index (χ2n) is 5.65. The number of hydrogen-bond donors (Lipinski definition) is 1. The fourth-order valence-corrected chi connectivity index (χ4v) is 3.44. The third-order valence-corrected chi connectivity index (χ3v) is 4.87. The Hall–Kier alpha value is -1.99. The molecule has 0 aliphatic carbocycles. The molecular formula is C16H17ClN4O2S. The molecule has 2 amide bonds. The molecule has 2 heterocycles. The van der Waals surface area contributed by atoms with Gasteiger partial charge < -0.3 is 10.2 Å². The van der Waals surface area contributed by atoms with E-state index >= 15 is 0 Å². The minimum atomic E-state index is -0.225. The molecule has 1 aliphatic heterocycles. The van der Waals surface area contributed by atoms with Crippen LogP contribution in [0.5, 0.6) is 0 Å². The first-order chi connectivity index (χ1) is 11.6. The fourth-order valence-electron chi connectivity index (χ4n) is 2.71. The summed E-state index contributed by atoms with van der Waals surface area (Å²) < 4.78 is 3.86. The van der Waals surface area contributed by atoms with Crippen LogP contribution in [0.2, 0.25) is 5.02 Å². The van der Waals surface area contributed by atoms with E-state index in [0.29, 0.717) is 16.4 Å². The Morgan fingerprint density at radius 2 is 2.17 bits per heavy atom. The van der Waals surface area contributed by atoms with Gasteiger partial charge in [0.05, 0.1) is 11.7 Å². The fraction of sp³-hybridized carbons (Fsp3) is 0.375. The second kappa shape index (κ2) is 7.27. The Morgan fingerprint density at radius 3 is 2.88 bits per heavy atom. The highest BCUT2D eigenvalue weighted by Gasteiger charge is 2.32. The van der Waals surface area contributed by atoms with Crippen molar-refractivity contribution in [1.29, 1.82) is 0 Å². The number of amides is 2. The van der Waals surface area contributed by atoms with Crippen molar-refractivity contribution in [3.63, 3.8) is 0 Å². The van der Waals surface area contributed by atoms with Gasteiger partial charge in [0.2, 0.25) is 5.91 Å². The summed E-state index contributed by atoms with van der Waals surface area (Å²) in [4.78, 5) is 26.9. The lowest BCUT2D eigenvalue weighted by molar-refractivity contribution is -0.117. The number of aryl methyl sites for hydroxylation is 1. The van der Waals surface area contributed by atoms with Crippen molar-refractivity contribution < 1.29 is 9.59 Å². The van der Waals surface area contributed by atoms with Gasteiger partial charge in [-0.1, -0.05) is 29.4 Å². The molecule has 1 atom stereocenters. The van der Waals surface area contributed by atoms with Gasteiger partial charge in [0.15, 0.2) is 0 Å². The van der Waals surface area contributed by atoms with Gasteiger partial charge in [0, 0.05) is 23.7 Å². The van der Waals surface area contributed by atoms with Gasteiger partial charge in [-0.3, -0.25) is 9.59 Å². The molecule has 2 aromatic rings. The molecule has 0 bridgehead atoms. The van der Waals surface area contributed by atoms with Crippen molar-refractivity contribution in [3.8, 4) is 0 Å². The van der Waals surface area contributed by atoms with Gasteiger partial charge in [-0.25, -0.2) is 0 Å². The lowest BCUT2D eigenvalue weighted by Gasteiger charge is -2.17. The zero-order valence-corrected chi connectivity index (χ0v) is 14.7. The third kappa shape index (κ3) is 3.57. The molecule has 6 nitrogen and oxygen atoms in total. The minimum absolute atomic E-state index is 0.0150. The predicted molar refractivity (Wildman–Crippen MR) is 93.6 cm³/mol. The molecule has 8 heteroatoms. The van der Waals surface area contributed by atoms with E-state index in [0.717, 1.165) is 35.8 Å². The van der Waals surface area contributed by atoms with E-state index < -0.39 is 0 Å². The lowest BCUT2D eigenvalue weighted by Crippen LogP contribution is -2.37. The second-order valence-corrected chi connectivity index (χ2v) is 6.84. The number of nitrogens with one attached hydrogen (secondary N) is 1. The number of anilines is 1. The first kappa shape index (κ1) is 16.9. The third-order valence-electron chi connectivity index (χ3n) is 3.85. The topological polar surface area (TPSA) is 75.2 Å². The highest BCUT2D eigenvalue weighted by molar-refractivity contribution is 7.08. The summed E-state index contributed by atoms with van der Waals surface area (Å²) in [6, 6.07) is 6.87. The Morgan fingerprint density at radius 1 is 1.42 bits per heavy atom. The van der Waals surface area contributed by atoms with Crippen molar-refractivity contribution in [3.05, 3.63) is 39.9 Å². The maximum atomic E-state index is 12.4. The van der Waals surface area contributed by atoms with Crippen LogP contribution in [-0.4, -0.2) is 34.0 Å². The highest BCUT2D eigenvalue weighted by Crippen LogP contribution is 2.24. The van der Waals surface area contributed by atoms with Crippen LogP contribution in [0, 0.1) is 0 Å². The summed E-state index contributed by atoms with van der Waals surface area (Å²) in [5.41, 5.74) is 1.51. The van der Waals surface area contributed by atoms with Crippen molar-refractivity contribution in [2.24, 2.45) is 0 Å². The first-order valence-corrected chi connectivity index (χ1v) is 8.91. The average Bonchev–Trinajstić information content (AvgIpc) is 3.15. The quantitative estimate of drug-likeness (QED) is 0.885.